The minimum absolute atomic E-state index is 0.397. The maximum Gasteiger partial charge on any atom is 0.0726 e. The van der Waals surface area contributed by atoms with Gasteiger partial charge in [-0.15, -0.1) is 0 Å². The van der Waals surface area contributed by atoms with Crippen LogP contribution in [-0.4, -0.2) is 0 Å². The van der Waals surface area contributed by atoms with Gasteiger partial charge in [-0.25, -0.2) is 0 Å². The van der Waals surface area contributed by atoms with Crippen LogP contribution >= 0.6 is 0 Å². The Labute approximate surface area is 316 Å². The van der Waals surface area contributed by atoms with E-state index in [1.807, 2.05) is 0 Å². The molecule has 0 aliphatic heterocycles. The number of hydrogen-bond acceptors (Lipinski definition) is 1. The van der Waals surface area contributed by atoms with Crippen LogP contribution in [0.5, 0.6) is 0 Å². The molecule has 0 aromatic heterocycles. The predicted octanol–water partition coefficient (Wildman–Crippen LogP) is 14.0. The zero-order chi connectivity index (χ0) is 35.6. The van der Waals surface area contributed by atoms with E-state index in [1.165, 1.54) is 77.5 Å². The molecule has 0 heterocycles. The van der Waals surface area contributed by atoms with Crippen molar-refractivity contribution in [3.63, 3.8) is 0 Å². The summed E-state index contributed by atoms with van der Waals surface area (Å²) in [6.45, 7) is 0. The quantitative estimate of drug-likeness (QED) is 0.174. The van der Waals surface area contributed by atoms with Gasteiger partial charge in [0, 0.05) is 17.1 Å². The van der Waals surface area contributed by atoms with Crippen LogP contribution in [-0.2, 0) is 5.41 Å². The fourth-order valence-corrected chi connectivity index (χ4v) is 9.38. The molecular formula is C53H35N. The van der Waals surface area contributed by atoms with Gasteiger partial charge in [-0.2, -0.15) is 0 Å². The number of fused-ring (bicyclic) bond motifs is 11. The molecule has 0 bridgehead atoms. The van der Waals surface area contributed by atoms with E-state index in [0.29, 0.717) is 0 Å². The Balaban J connectivity index is 1.09. The van der Waals surface area contributed by atoms with Crippen molar-refractivity contribution < 1.29 is 0 Å². The van der Waals surface area contributed by atoms with Gasteiger partial charge in [-0.3, -0.25) is 0 Å². The first-order valence-corrected chi connectivity index (χ1v) is 18.8. The van der Waals surface area contributed by atoms with Crippen molar-refractivity contribution >= 4 is 27.8 Å². The highest BCUT2D eigenvalue weighted by Gasteiger charge is 2.51. The van der Waals surface area contributed by atoms with Gasteiger partial charge in [0.2, 0.25) is 0 Å². The van der Waals surface area contributed by atoms with Crippen LogP contribution in [0.2, 0.25) is 0 Å². The highest BCUT2D eigenvalue weighted by atomic mass is 15.1. The van der Waals surface area contributed by atoms with E-state index < -0.39 is 5.41 Å². The molecule has 9 aromatic carbocycles. The van der Waals surface area contributed by atoms with E-state index in [1.54, 1.807) is 0 Å². The summed E-state index contributed by atoms with van der Waals surface area (Å²) in [5.74, 6) is 0. The molecule has 1 spiro atoms. The number of hydrogen-bond donors (Lipinski definition) is 0. The lowest BCUT2D eigenvalue weighted by Crippen LogP contribution is -2.26. The molecule has 2 aliphatic rings. The molecule has 0 saturated heterocycles. The van der Waals surface area contributed by atoms with Gasteiger partial charge in [0.1, 0.15) is 0 Å². The third-order valence-corrected chi connectivity index (χ3v) is 11.7. The average Bonchev–Trinajstić information content (AvgIpc) is 3.71. The first-order chi connectivity index (χ1) is 26.8. The summed E-state index contributed by atoms with van der Waals surface area (Å²) in [6, 6.07) is 78.2. The molecule has 1 nitrogen and oxygen atoms in total. The maximum atomic E-state index is 2.46. The predicted molar refractivity (Wildman–Crippen MR) is 226 cm³/mol. The Morgan fingerprint density at radius 1 is 0.278 bits per heavy atom. The van der Waals surface area contributed by atoms with Gasteiger partial charge in [0.25, 0.3) is 0 Å². The number of nitrogens with zero attached hydrogens (tertiary/aromatic N) is 1. The van der Waals surface area contributed by atoms with Crippen LogP contribution in [0.15, 0.2) is 212 Å². The summed E-state index contributed by atoms with van der Waals surface area (Å²) in [5, 5.41) is 2.50. The highest BCUT2D eigenvalue weighted by molar-refractivity contribution is 6.01. The first kappa shape index (κ1) is 30.6. The molecule has 0 unspecified atom stereocenters. The minimum Gasteiger partial charge on any atom is -0.310 e. The Morgan fingerprint density at radius 3 is 1.43 bits per heavy atom. The van der Waals surface area contributed by atoms with Gasteiger partial charge in [-0.05, 0) is 126 Å². The molecule has 0 radical (unpaired) electrons. The van der Waals surface area contributed by atoms with E-state index in [2.05, 4.69) is 217 Å². The van der Waals surface area contributed by atoms with E-state index in [-0.39, 0.29) is 0 Å². The molecule has 9 aromatic rings. The van der Waals surface area contributed by atoms with E-state index in [4.69, 9.17) is 0 Å². The number of rotatable bonds is 5. The van der Waals surface area contributed by atoms with Crippen molar-refractivity contribution in [2.45, 2.75) is 5.41 Å². The zero-order valence-corrected chi connectivity index (χ0v) is 29.7. The monoisotopic (exact) mass is 685 g/mol. The second-order valence-corrected chi connectivity index (χ2v) is 14.4. The summed E-state index contributed by atoms with van der Waals surface area (Å²) in [6.07, 6.45) is 0. The SMILES string of the molecule is c1ccc(-c2cc(-c3ccc(N(c4ccccc4)c4ccc5c(c4)C4(c6ccccc6-c6ccccc64)c4ccccc4-5)cc3)c3ccccc3c2)cc1. The van der Waals surface area contributed by atoms with Crippen LogP contribution in [0.25, 0.3) is 55.3 Å². The molecule has 0 fully saturated rings. The van der Waals surface area contributed by atoms with E-state index in [9.17, 15) is 0 Å². The van der Waals surface area contributed by atoms with E-state index in [0.717, 1.165) is 17.1 Å². The molecule has 11 rings (SSSR count). The smallest absolute Gasteiger partial charge is 0.0726 e. The van der Waals surface area contributed by atoms with Crippen LogP contribution in [0.3, 0.4) is 0 Å². The van der Waals surface area contributed by atoms with Crippen molar-refractivity contribution in [2.75, 3.05) is 4.90 Å². The molecule has 0 saturated carbocycles. The molecule has 0 amide bonds. The molecule has 252 valence electrons. The minimum atomic E-state index is -0.397. The van der Waals surface area contributed by atoms with Gasteiger partial charge >= 0.3 is 0 Å². The highest BCUT2D eigenvalue weighted by Crippen LogP contribution is 2.63. The molecule has 0 atom stereocenters. The van der Waals surface area contributed by atoms with Crippen molar-refractivity contribution in [3.05, 3.63) is 235 Å². The second kappa shape index (κ2) is 12.0. The first-order valence-electron chi connectivity index (χ1n) is 18.8. The average molecular weight is 686 g/mol. The summed E-state index contributed by atoms with van der Waals surface area (Å²) in [5.41, 5.74) is 18.5. The Hall–Kier alpha value is -6.96. The Morgan fingerprint density at radius 2 is 0.778 bits per heavy atom. The lowest BCUT2D eigenvalue weighted by atomic mass is 9.70. The summed E-state index contributed by atoms with van der Waals surface area (Å²) in [4.78, 5) is 2.41. The molecule has 54 heavy (non-hydrogen) atoms. The second-order valence-electron chi connectivity index (χ2n) is 14.4. The van der Waals surface area contributed by atoms with Crippen LogP contribution < -0.4 is 4.90 Å². The van der Waals surface area contributed by atoms with Crippen molar-refractivity contribution in [1.82, 2.24) is 0 Å². The van der Waals surface area contributed by atoms with Gasteiger partial charge in [-0.1, -0.05) is 164 Å². The van der Waals surface area contributed by atoms with Crippen molar-refractivity contribution in [1.29, 1.82) is 0 Å². The zero-order valence-electron chi connectivity index (χ0n) is 29.7. The molecule has 2 aliphatic carbocycles. The Bertz CT molecular complexity index is 2810. The normalized spacial score (nSPS) is 13.0. The fourth-order valence-electron chi connectivity index (χ4n) is 9.38. The lowest BCUT2D eigenvalue weighted by Gasteiger charge is -2.32. The summed E-state index contributed by atoms with van der Waals surface area (Å²) >= 11 is 0. The number of para-hydroxylation sites is 1. The summed E-state index contributed by atoms with van der Waals surface area (Å²) in [7, 11) is 0. The lowest BCUT2D eigenvalue weighted by molar-refractivity contribution is 0.793. The topological polar surface area (TPSA) is 3.24 Å². The van der Waals surface area contributed by atoms with Crippen LogP contribution in [0.1, 0.15) is 22.3 Å². The van der Waals surface area contributed by atoms with Crippen molar-refractivity contribution in [2.24, 2.45) is 0 Å². The van der Waals surface area contributed by atoms with Crippen LogP contribution in [0.4, 0.5) is 17.1 Å². The molecular weight excluding hydrogens is 651 g/mol. The fraction of sp³-hybridized carbons (Fsp3) is 0.0189. The molecule has 0 N–H and O–H groups in total. The number of benzene rings is 9. The van der Waals surface area contributed by atoms with E-state index >= 15 is 0 Å². The maximum absolute atomic E-state index is 2.46. The van der Waals surface area contributed by atoms with Gasteiger partial charge in [0.15, 0.2) is 0 Å². The standard InChI is InChI=1S/C53H35N/c1-3-15-36(16-4-1)39-33-38-17-7-8-20-43(38)48(34-39)37-27-29-41(30-28-37)54(40-18-5-2-6-19-40)42-31-32-47-46-23-11-14-26-51(46)53(52(47)35-42)49-24-12-9-21-44(49)45-22-10-13-25-50(45)53/h1-35H. The van der Waals surface area contributed by atoms with Gasteiger partial charge < -0.3 is 4.90 Å². The summed E-state index contributed by atoms with van der Waals surface area (Å²) < 4.78 is 0. The molecule has 1 heteroatoms. The third kappa shape index (κ3) is 4.45. The largest absolute Gasteiger partial charge is 0.310 e. The number of anilines is 3. The van der Waals surface area contributed by atoms with Crippen LogP contribution in [0, 0.1) is 0 Å². The van der Waals surface area contributed by atoms with Gasteiger partial charge in [0.05, 0.1) is 5.41 Å². The third-order valence-electron chi connectivity index (χ3n) is 11.7. The Kier molecular flexibility index (Phi) is 6.84. The van der Waals surface area contributed by atoms with Crippen molar-refractivity contribution in [3.8, 4) is 44.5 Å².